The number of methoxy groups -OCH3 is 3. The average molecular weight is 551 g/mol. The second kappa shape index (κ2) is 11.7. The van der Waals surface area contributed by atoms with Crippen LogP contribution in [0.2, 0.25) is 0 Å². The number of carbonyl (C=O) groups excluding carboxylic acids is 2. The molecule has 208 valence electrons. The molecule has 11 nitrogen and oxygen atoms in total. The molecule has 1 heterocycles. The lowest BCUT2D eigenvalue weighted by Gasteiger charge is -2.24. The quantitative estimate of drug-likeness (QED) is 0.205. The van der Waals surface area contributed by atoms with Crippen LogP contribution in [0.25, 0.3) is 22.3 Å². The number of phenolic OH excluding ortho intramolecular Hbond substituents is 3. The van der Waals surface area contributed by atoms with Gasteiger partial charge in [0.25, 0.3) is 0 Å². The van der Waals surface area contributed by atoms with Gasteiger partial charge >= 0.3 is 11.9 Å². The van der Waals surface area contributed by atoms with Crippen LogP contribution in [-0.4, -0.2) is 55.2 Å². The summed E-state index contributed by atoms with van der Waals surface area (Å²) in [6, 6.07) is 14.4. The van der Waals surface area contributed by atoms with E-state index in [1.54, 1.807) is 42.5 Å². The summed E-state index contributed by atoms with van der Waals surface area (Å²) in [5.41, 5.74) is -0.467. The number of ether oxygens (including phenoxy) is 4. The van der Waals surface area contributed by atoms with Gasteiger partial charge in [-0.15, -0.1) is 0 Å². The lowest BCUT2D eigenvalue weighted by molar-refractivity contribution is -0.143. The molecule has 0 spiro atoms. The molecule has 3 N–H and O–H groups in total. The molecule has 0 amide bonds. The van der Waals surface area contributed by atoms with Crippen molar-refractivity contribution in [3.05, 3.63) is 75.9 Å². The molecule has 0 saturated heterocycles. The van der Waals surface area contributed by atoms with Crippen molar-refractivity contribution >= 4 is 22.9 Å². The zero-order valence-electron chi connectivity index (χ0n) is 21.8. The Bertz CT molecular complexity index is 1620. The van der Waals surface area contributed by atoms with Crippen LogP contribution in [0.1, 0.15) is 23.5 Å². The van der Waals surface area contributed by atoms with Gasteiger partial charge in [0.05, 0.1) is 27.8 Å². The second-order valence-electron chi connectivity index (χ2n) is 8.58. The summed E-state index contributed by atoms with van der Waals surface area (Å²) in [6.07, 6.45) is -0.440. The van der Waals surface area contributed by atoms with Crippen molar-refractivity contribution in [2.45, 2.75) is 12.3 Å². The van der Waals surface area contributed by atoms with E-state index in [1.165, 1.54) is 27.4 Å². The predicted molar refractivity (Wildman–Crippen MR) is 142 cm³/mol. The second-order valence-corrected chi connectivity index (χ2v) is 8.58. The minimum absolute atomic E-state index is 0.0194. The van der Waals surface area contributed by atoms with Gasteiger partial charge in [-0.2, -0.15) is 0 Å². The van der Waals surface area contributed by atoms with E-state index in [0.29, 0.717) is 5.56 Å². The van der Waals surface area contributed by atoms with E-state index >= 15 is 0 Å². The van der Waals surface area contributed by atoms with Crippen molar-refractivity contribution in [1.29, 1.82) is 0 Å². The van der Waals surface area contributed by atoms with Crippen LogP contribution in [0, 0.1) is 0 Å². The highest BCUT2D eigenvalue weighted by Crippen LogP contribution is 2.51. The Morgan fingerprint density at radius 3 is 2.23 bits per heavy atom. The van der Waals surface area contributed by atoms with Gasteiger partial charge in [0.2, 0.25) is 5.75 Å². The standard InChI is InChI=1S/C29H26O11/c1-36-19-11-7-10-16(28(19)39-14-22(32)38-3)17(12-21(31)37-2)23-25(33)27(35)26(34)24-18(30)13-20(40-29(23)24)15-8-5-4-6-9-15/h4-11,13,17,33-35H,12,14H2,1-3H3. The number of para-hydroxylation sites is 1. The molecule has 0 bridgehead atoms. The summed E-state index contributed by atoms with van der Waals surface area (Å²) < 4.78 is 26.7. The summed E-state index contributed by atoms with van der Waals surface area (Å²) in [5.74, 6) is -5.04. The largest absolute Gasteiger partial charge is 0.504 e. The smallest absolute Gasteiger partial charge is 0.343 e. The Morgan fingerprint density at radius 2 is 1.57 bits per heavy atom. The molecule has 0 saturated carbocycles. The molecular formula is C29H26O11. The van der Waals surface area contributed by atoms with Crippen molar-refractivity contribution in [3.63, 3.8) is 0 Å². The number of carbonyl (C=O) groups is 2. The number of hydrogen-bond acceptors (Lipinski definition) is 11. The number of phenols is 3. The molecule has 1 unspecified atom stereocenters. The number of rotatable bonds is 9. The highest BCUT2D eigenvalue weighted by molar-refractivity contribution is 5.94. The third-order valence-corrected chi connectivity index (χ3v) is 6.30. The molecule has 0 fully saturated rings. The highest BCUT2D eigenvalue weighted by atomic mass is 16.6. The van der Waals surface area contributed by atoms with Gasteiger partial charge < -0.3 is 38.7 Å². The van der Waals surface area contributed by atoms with Crippen LogP contribution in [0.5, 0.6) is 28.7 Å². The van der Waals surface area contributed by atoms with Gasteiger partial charge in [0.1, 0.15) is 16.7 Å². The summed E-state index contributed by atoms with van der Waals surface area (Å²) in [6.45, 7) is -0.518. The first-order valence-corrected chi connectivity index (χ1v) is 11.9. The van der Waals surface area contributed by atoms with Crippen LogP contribution in [0.15, 0.2) is 63.8 Å². The van der Waals surface area contributed by atoms with Gasteiger partial charge in [0, 0.05) is 28.7 Å². The topological polar surface area (TPSA) is 162 Å². The van der Waals surface area contributed by atoms with E-state index in [0.717, 1.165) is 6.07 Å². The molecule has 3 aromatic carbocycles. The number of fused-ring (bicyclic) bond motifs is 1. The van der Waals surface area contributed by atoms with Crippen molar-refractivity contribution in [1.82, 2.24) is 0 Å². The summed E-state index contributed by atoms with van der Waals surface area (Å²) in [7, 11) is 3.72. The van der Waals surface area contributed by atoms with E-state index in [1.807, 2.05) is 0 Å². The lowest BCUT2D eigenvalue weighted by Crippen LogP contribution is -2.17. The van der Waals surface area contributed by atoms with Crippen molar-refractivity contribution in [2.24, 2.45) is 0 Å². The van der Waals surface area contributed by atoms with E-state index in [9.17, 15) is 29.7 Å². The Balaban J connectivity index is 2.08. The first kappa shape index (κ1) is 27.8. The minimum Gasteiger partial charge on any atom is -0.504 e. The highest BCUT2D eigenvalue weighted by Gasteiger charge is 2.33. The summed E-state index contributed by atoms with van der Waals surface area (Å²) in [5, 5.41) is 32.0. The molecule has 1 aromatic heterocycles. The summed E-state index contributed by atoms with van der Waals surface area (Å²) >= 11 is 0. The molecule has 0 aliphatic rings. The van der Waals surface area contributed by atoms with Gasteiger partial charge in [-0.3, -0.25) is 9.59 Å². The molecule has 0 aliphatic heterocycles. The third kappa shape index (κ3) is 5.21. The Labute approximate surface area is 227 Å². The Hall–Kier alpha value is -5.19. The first-order valence-electron chi connectivity index (χ1n) is 11.9. The first-order chi connectivity index (χ1) is 19.2. The maximum Gasteiger partial charge on any atom is 0.343 e. The lowest BCUT2D eigenvalue weighted by atomic mass is 9.85. The minimum atomic E-state index is -1.20. The number of aromatic hydroxyl groups is 3. The Kier molecular flexibility index (Phi) is 8.13. The average Bonchev–Trinajstić information content (AvgIpc) is 2.97. The molecular weight excluding hydrogens is 524 g/mol. The monoisotopic (exact) mass is 550 g/mol. The van der Waals surface area contributed by atoms with E-state index in [2.05, 4.69) is 4.74 Å². The van der Waals surface area contributed by atoms with Gasteiger partial charge in [0.15, 0.2) is 35.0 Å². The molecule has 40 heavy (non-hydrogen) atoms. The number of hydrogen-bond donors (Lipinski definition) is 3. The maximum atomic E-state index is 13.2. The van der Waals surface area contributed by atoms with E-state index < -0.39 is 58.9 Å². The van der Waals surface area contributed by atoms with E-state index in [-0.39, 0.29) is 34.0 Å². The van der Waals surface area contributed by atoms with Crippen LogP contribution >= 0.6 is 0 Å². The predicted octanol–water partition coefficient (Wildman–Crippen LogP) is 3.83. The third-order valence-electron chi connectivity index (χ3n) is 6.30. The molecule has 4 aromatic rings. The molecule has 11 heteroatoms. The fraction of sp³-hybridized carbons (Fsp3) is 0.207. The summed E-state index contributed by atoms with van der Waals surface area (Å²) in [4.78, 5) is 37.7. The van der Waals surface area contributed by atoms with Crippen molar-refractivity contribution < 1.29 is 48.3 Å². The number of benzene rings is 3. The molecule has 1 atom stereocenters. The number of esters is 2. The van der Waals surface area contributed by atoms with Gasteiger partial charge in [-0.1, -0.05) is 42.5 Å². The van der Waals surface area contributed by atoms with E-state index in [4.69, 9.17) is 18.6 Å². The Morgan fingerprint density at radius 1 is 0.875 bits per heavy atom. The molecule has 4 rings (SSSR count). The van der Waals surface area contributed by atoms with Crippen LogP contribution in [0.3, 0.4) is 0 Å². The van der Waals surface area contributed by atoms with Gasteiger partial charge in [-0.05, 0) is 6.07 Å². The SMILES string of the molecule is COC(=O)COc1c(OC)cccc1C(CC(=O)OC)c1c(O)c(O)c(O)c2c(=O)cc(-c3ccccc3)oc12. The normalized spacial score (nSPS) is 11.6. The van der Waals surface area contributed by atoms with Crippen molar-refractivity contribution in [3.8, 4) is 40.1 Å². The maximum absolute atomic E-state index is 13.2. The zero-order valence-corrected chi connectivity index (χ0v) is 21.8. The zero-order chi connectivity index (χ0) is 29.0. The molecule has 0 aliphatic carbocycles. The van der Waals surface area contributed by atoms with Crippen molar-refractivity contribution in [2.75, 3.05) is 27.9 Å². The fourth-order valence-electron chi connectivity index (χ4n) is 4.37. The van der Waals surface area contributed by atoms with Crippen LogP contribution in [-0.2, 0) is 19.1 Å². The molecule has 0 radical (unpaired) electrons. The van der Waals surface area contributed by atoms with Gasteiger partial charge in [-0.25, -0.2) is 4.79 Å². The fourth-order valence-corrected chi connectivity index (χ4v) is 4.37. The van der Waals surface area contributed by atoms with Crippen LogP contribution in [0.4, 0.5) is 0 Å². The van der Waals surface area contributed by atoms with Crippen LogP contribution < -0.4 is 14.9 Å².